The van der Waals surface area contributed by atoms with Crippen molar-refractivity contribution >= 4 is 11.9 Å². The summed E-state index contributed by atoms with van der Waals surface area (Å²) in [5.74, 6) is -1.10. The Labute approximate surface area is 146 Å². The number of hydrogen-bond donors (Lipinski definition) is 1. The average molecular weight is 339 g/mol. The third kappa shape index (κ3) is 3.88. The molecular formula is C20H21NO4. The van der Waals surface area contributed by atoms with Crippen LogP contribution in [0.15, 0.2) is 54.6 Å². The van der Waals surface area contributed by atoms with E-state index < -0.39 is 5.97 Å². The first-order valence-electron chi connectivity index (χ1n) is 8.33. The topological polar surface area (TPSA) is 66.8 Å². The molecule has 5 heteroatoms. The molecule has 1 aliphatic heterocycles. The van der Waals surface area contributed by atoms with Crippen LogP contribution in [0.1, 0.15) is 34.5 Å². The highest BCUT2D eigenvalue weighted by molar-refractivity contribution is 5.91. The van der Waals surface area contributed by atoms with Crippen molar-refractivity contribution < 1.29 is 19.4 Å². The van der Waals surface area contributed by atoms with Gasteiger partial charge >= 0.3 is 5.97 Å². The summed E-state index contributed by atoms with van der Waals surface area (Å²) in [5, 5.41) is 9.32. The van der Waals surface area contributed by atoms with Crippen molar-refractivity contribution in [3.63, 3.8) is 0 Å². The third-order valence-corrected chi connectivity index (χ3v) is 4.46. The molecule has 0 radical (unpaired) electrons. The molecule has 1 N–H and O–H groups in total. The van der Waals surface area contributed by atoms with Gasteiger partial charge in [0.2, 0.25) is 5.91 Å². The molecule has 2 aromatic rings. The van der Waals surface area contributed by atoms with Gasteiger partial charge in [-0.2, -0.15) is 0 Å². The lowest BCUT2D eigenvalue weighted by atomic mass is 10.0. The summed E-state index contributed by atoms with van der Waals surface area (Å²) in [7, 11) is 0. The predicted octanol–water partition coefficient (Wildman–Crippen LogP) is 2.92. The SMILES string of the molecule is CC1CN(C(=O)Cc2ccccc2C(=O)O)C(c2ccccc2)CO1. The molecule has 130 valence electrons. The number of carbonyl (C=O) groups excluding carboxylic acids is 1. The number of carboxylic acid groups (broad SMARTS) is 1. The summed E-state index contributed by atoms with van der Waals surface area (Å²) < 4.78 is 5.75. The number of morpholine rings is 1. The number of amides is 1. The fraction of sp³-hybridized carbons (Fsp3) is 0.300. The molecule has 0 aliphatic carbocycles. The summed E-state index contributed by atoms with van der Waals surface area (Å²) in [6.07, 6.45) is 0.0250. The minimum atomic E-state index is -1.02. The van der Waals surface area contributed by atoms with Gasteiger partial charge in [-0.05, 0) is 24.1 Å². The molecule has 1 saturated heterocycles. The van der Waals surface area contributed by atoms with Gasteiger partial charge in [-0.15, -0.1) is 0 Å². The van der Waals surface area contributed by atoms with Crippen LogP contribution in [0, 0.1) is 0 Å². The number of hydrogen-bond acceptors (Lipinski definition) is 3. The number of carbonyl (C=O) groups is 2. The zero-order valence-corrected chi connectivity index (χ0v) is 14.1. The molecule has 0 saturated carbocycles. The number of nitrogens with zero attached hydrogens (tertiary/aromatic N) is 1. The van der Waals surface area contributed by atoms with Gasteiger partial charge in [-0.3, -0.25) is 4.79 Å². The van der Waals surface area contributed by atoms with Crippen molar-refractivity contribution in [2.75, 3.05) is 13.2 Å². The van der Waals surface area contributed by atoms with Gasteiger partial charge in [-0.25, -0.2) is 4.79 Å². The lowest BCUT2D eigenvalue weighted by molar-refractivity contribution is -0.143. The highest BCUT2D eigenvalue weighted by Gasteiger charge is 2.31. The summed E-state index contributed by atoms with van der Waals surface area (Å²) in [5.41, 5.74) is 1.73. The van der Waals surface area contributed by atoms with Crippen LogP contribution in [0.4, 0.5) is 0 Å². The minimum absolute atomic E-state index is 0.0429. The fourth-order valence-electron chi connectivity index (χ4n) is 3.18. The van der Waals surface area contributed by atoms with Crippen LogP contribution >= 0.6 is 0 Å². The van der Waals surface area contributed by atoms with Crippen LogP contribution < -0.4 is 0 Å². The molecule has 0 aromatic heterocycles. The lowest BCUT2D eigenvalue weighted by Crippen LogP contribution is -2.47. The van der Waals surface area contributed by atoms with Gasteiger partial charge in [0.05, 0.1) is 30.7 Å². The van der Waals surface area contributed by atoms with Gasteiger partial charge in [0.25, 0.3) is 0 Å². The van der Waals surface area contributed by atoms with Crippen molar-refractivity contribution in [3.05, 3.63) is 71.3 Å². The second-order valence-electron chi connectivity index (χ2n) is 6.26. The van der Waals surface area contributed by atoms with Crippen molar-refractivity contribution in [1.82, 2.24) is 4.90 Å². The van der Waals surface area contributed by atoms with Gasteiger partial charge in [0, 0.05) is 6.54 Å². The summed E-state index contributed by atoms with van der Waals surface area (Å²) in [6, 6.07) is 16.3. The van der Waals surface area contributed by atoms with E-state index in [0.29, 0.717) is 18.7 Å². The average Bonchev–Trinajstić information content (AvgIpc) is 2.62. The van der Waals surface area contributed by atoms with E-state index in [1.54, 1.807) is 18.2 Å². The Morgan fingerprint density at radius 1 is 1.12 bits per heavy atom. The number of carboxylic acids is 1. The molecule has 5 nitrogen and oxygen atoms in total. The first-order chi connectivity index (χ1) is 12.1. The minimum Gasteiger partial charge on any atom is -0.478 e. The number of rotatable bonds is 4. The quantitative estimate of drug-likeness (QED) is 0.930. The summed E-state index contributed by atoms with van der Waals surface area (Å²) in [6.45, 7) is 2.87. The maximum Gasteiger partial charge on any atom is 0.335 e. The molecule has 1 heterocycles. The van der Waals surface area contributed by atoms with Crippen LogP contribution in [0.2, 0.25) is 0 Å². The Morgan fingerprint density at radius 2 is 1.80 bits per heavy atom. The Bertz CT molecular complexity index is 759. The largest absolute Gasteiger partial charge is 0.478 e. The molecule has 1 amide bonds. The van der Waals surface area contributed by atoms with Crippen molar-refractivity contribution in [3.8, 4) is 0 Å². The van der Waals surface area contributed by atoms with Gasteiger partial charge < -0.3 is 14.7 Å². The maximum absolute atomic E-state index is 12.9. The number of aromatic carboxylic acids is 1. The first-order valence-corrected chi connectivity index (χ1v) is 8.33. The smallest absolute Gasteiger partial charge is 0.335 e. The van der Waals surface area contributed by atoms with E-state index in [9.17, 15) is 14.7 Å². The molecule has 0 bridgehead atoms. The maximum atomic E-state index is 12.9. The summed E-state index contributed by atoms with van der Waals surface area (Å²) in [4.78, 5) is 26.1. The second kappa shape index (κ2) is 7.49. The zero-order chi connectivity index (χ0) is 17.8. The molecule has 2 atom stereocenters. The molecule has 3 rings (SSSR count). The van der Waals surface area contributed by atoms with E-state index >= 15 is 0 Å². The van der Waals surface area contributed by atoms with Gasteiger partial charge in [0.15, 0.2) is 0 Å². The second-order valence-corrected chi connectivity index (χ2v) is 6.26. The lowest BCUT2D eigenvalue weighted by Gasteiger charge is -2.39. The first kappa shape index (κ1) is 17.2. The normalized spacial score (nSPS) is 20.3. The third-order valence-electron chi connectivity index (χ3n) is 4.46. The monoisotopic (exact) mass is 339 g/mol. The molecule has 25 heavy (non-hydrogen) atoms. The molecular weight excluding hydrogens is 318 g/mol. The number of ether oxygens (including phenoxy) is 1. The molecule has 0 spiro atoms. The summed E-state index contributed by atoms with van der Waals surface area (Å²) >= 11 is 0. The van der Waals surface area contributed by atoms with Crippen LogP contribution in [0.25, 0.3) is 0 Å². The van der Waals surface area contributed by atoms with Crippen LogP contribution in [0.5, 0.6) is 0 Å². The number of benzene rings is 2. The van der Waals surface area contributed by atoms with Crippen LogP contribution in [-0.4, -0.2) is 41.1 Å². The van der Waals surface area contributed by atoms with Gasteiger partial charge in [0.1, 0.15) is 0 Å². The van der Waals surface area contributed by atoms with E-state index in [0.717, 1.165) is 5.56 Å². The van der Waals surface area contributed by atoms with E-state index in [4.69, 9.17) is 4.74 Å². The Hall–Kier alpha value is -2.66. The van der Waals surface area contributed by atoms with E-state index in [1.165, 1.54) is 6.07 Å². The predicted molar refractivity (Wildman–Crippen MR) is 93.4 cm³/mol. The zero-order valence-electron chi connectivity index (χ0n) is 14.1. The highest BCUT2D eigenvalue weighted by atomic mass is 16.5. The standard InChI is InChI=1S/C20H21NO4/c1-14-12-21(18(13-25-14)15-7-3-2-4-8-15)19(22)11-16-9-5-6-10-17(16)20(23)24/h2-10,14,18H,11-13H2,1H3,(H,23,24). The Kier molecular flexibility index (Phi) is 5.14. The van der Waals surface area contributed by atoms with Crippen LogP contribution in [0.3, 0.4) is 0 Å². The van der Waals surface area contributed by atoms with Crippen LogP contribution in [-0.2, 0) is 16.0 Å². The van der Waals surface area contributed by atoms with E-state index in [1.807, 2.05) is 42.2 Å². The molecule has 2 aromatic carbocycles. The molecule has 2 unspecified atom stereocenters. The molecule has 1 aliphatic rings. The fourth-order valence-corrected chi connectivity index (χ4v) is 3.18. The Balaban J connectivity index is 1.84. The van der Waals surface area contributed by atoms with E-state index in [-0.39, 0.29) is 30.0 Å². The highest BCUT2D eigenvalue weighted by Crippen LogP contribution is 2.27. The van der Waals surface area contributed by atoms with E-state index in [2.05, 4.69) is 0 Å². The van der Waals surface area contributed by atoms with Crippen molar-refractivity contribution in [2.45, 2.75) is 25.5 Å². The van der Waals surface area contributed by atoms with Gasteiger partial charge in [-0.1, -0.05) is 48.5 Å². The van der Waals surface area contributed by atoms with Crippen molar-refractivity contribution in [2.24, 2.45) is 0 Å². The van der Waals surface area contributed by atoms with Crippen molar-refractivity contribution in [1.29, 1.82) is 0 Å². The Morgan fingerprint density at radius 3 is 2.52 bits per heavy atom. The molecule has 1 fully saturated rings.